The maximum absolute atomic E-state index is 13.5. The van der Waals surface area contributed by atoms with E-state index in [9.17, 15) is 9.59 Å². The Morgan fingerprint density at radius 2 is 1.75 bits per heavy atom. The molecule has 7 nitrogen and oxygen atoms in total. The number of methoxy groups -OCH3 is 1. The van der Waals surface area contributed by atoms with E-state index in [1.165, 1.54) is 29.9 Å². The lowest BCUT2D eigenvalue weighted by atomic mass is 10.0. The average Bonchev–Trinajstić information content (AvgIpc) is 2.99. The lowest BCUT2D eigenvalue weighted by Gasteiger charge is -2.33. The Hall–Kier alpha value is -2.64. The molecule has 2 aromatic rings. The minimum absolute atomic E-state index is 0.0262. The third-order valence-corrected chi connectivity index (χ3v) is 6.81. The molecule has 0 aliphatic carbocycles. The van der Waals surface area contributed by atoms with Crippen molar-refractivity contribution in [2.75, 3.05) is 53.4 Å². The second kappa shape index (κ2) is 9.46. The molecule has 0 N–H and O–H groups in total. The number of hydrogen-bond donors (Lipinski definition) is 0. The molecular formula is C25H34N4O3. The summed E-state index contributed by atoms with van der Waals surface area (Å²) in [5.74, 6) is 0.370. The first-order valence-corrected chi connectivity index (χ1v) is 11.4. The average molecular weight is 439 g/mol. The number of aryl methyl sites for hydroxylation is 2. The normalized spacial score (nSPS) is 17.7. The van der Waals surface area contributed by atoms with Gasteiger partial charge in [0.1, 0.15) is 11.3 Å². The summed E-state index contributed by atoms with van der Waals surface area (Å²) in [4.78, 5) is 32.9. The minimum atomic E-state index is -0.0969. The summed E-state index contributed by atoms with van der Waals surface area (Å²) in [5, 5.41) is 0. The number of carbonyl (C=O) groups is 1. The van der Waals surface area contributed by atoms with E-state index in [4.69, 9.17) is 4.74 Å². The van der Waals surface area contributed by atoms with Crippen molar-refractivity contribution in [2.24, 2.45) is 0 Å². The van der Waals surface area contributed by atoms with E-state index in [1.807, 2.05) is 4.90 Å². The summed E-state index contributed by atoms with van der Waals surface area (Å²) in [7, 11) is 3.61. The van der Waals surface area contributed by atoms with Gasteiger partial charge in [0.05, 0.1) is 7.11 Å². The van der Waals surface area contributed by atoms with Crippen LogP contribution >= 0.6 is 0 Å². The second-order valence-corrected chi connectivity index (χ2v) is 9.08. The van der Waals surface area contributed by atoms with Gasteiger partial charge < -0.3 is 19.1 Å². The monoisotopic (exact) mass is 438 g/mol. The molecule has 32 heavy (non-hydrogen) atoms. The van der Waals surface area contributed by atoms with E-state index < -0.39 is 0 Å². The van der Waals surface area contributed by atoms with Crippen molar-refractivity contribution in [2.45, 2.75) is 33.4 Å². The molecule has 0 saturated carbocycles. The Morgan fingerprint density at radius 3 is 2.47 bits per heavy atom. The molecule has 1 aromatic heterocycles. The predicted octanol–water partition coefficient (Wildman–Crippen LogP) is 1.92. The number of nitrogens with zero attached hydrogens (tertiary/aromatic N) is 4. The van der Waals surface area contributed by atoms with Gasteiger partial charge in [0.2, 0.25) is 0 Å². The number of hydrogen-bond acceptors (Lipinski definition) is 5. The molecule has 1 amide bonds. The fraction of sp³-hybridized carbons (Fsp3) is 0.520. The Balaban J connectivity index is 1.62. The lowest BCUT2D eigenvalue weighted by molar-refractivity contribution is 0.0658. The lowest BCUT2D eigenvalue weighted by Crippen LogP contribution is -2.47. The first-order chi connectivity index (χ1) is 15.4. The van der Waals surface area contributed by atoms with Crippen molar-refractivity contribution in [3.63, 3.8) is 0 Å². The molecule has 3 heterocycles. The standard InChI is InChI=1S/C25H34N4O3/c1-18-5-6-19(2)20(15-18)17-27-8-7-21-24(25(31)28-12-9-26(3)10-13-28)22(32-4)16-23(30)29(21)14-11-27/h5-6,15-16H,7-14,17H2,1-4H3. The van der Waals surface area contributed by atoms with Gasteiger partial charge in [0, 0.05) is 70.5 Å². The first kappa shape index (κ1) is 22.6. The van der Waals surface area contributed by atoms with Gasteiger partial charge in [-0.15, -0.1) is 0 Å². The Kier molecular flexibility index (Phi) is 6.67. The number of benzene rings is 1. The molecule has 4 rings (SSSR count). The maximum Gasteiger partial charge on any atom is 0.259 e. The van der Waals surface area contributed by atoms with Crippen molar-refractivity contribution in [3.8, 4) is 5.75 Å². The second-order valence-electron chi connectivity index (χ2n) is 9.08. The molecule has 0 atom stereocenters. The molecule has 2 aliphatic rings. The van der Waals surface area contributed by atoms with Crippen LogP contribution in [-0.4, -0.2) is 78.6 Å². The van der Waals surface area contributed by atoms with Gasteiger partial charge >= 0.3 is 0 Å². The van der Waals surface area contributed by atoms with Crippen LogP contribution in [0.1, 0.15) is 32.7 Å². The molecule has 172 valence electrons. The molecule has 1 fully saturated rings. The highest BCUT2D eigenvalue weighted by molar-refractivity contribution is 5.98. The Morgan fingerprint density at radius 1 is 1.00 bits per heavy atom. The van der Waals surface area contributed by atoms with Gasteiger partial charge in [-0.3, -0.25) is 14.5 Å². The zero-order valence-corrected chi connectivity index (χ0v) is 19.7. The van der Waals surface area contributed by atoms with Gasteiger partial charge in [-0.1, -0.05) is 23.8 Å². The Bertz CT molecular complexity index is 1050. The number of piperazine rings is 1. The summed E-state index contributed by atoms with van der Waals surface area (Å²) in [6, 6.07) is 8.02. The van der Waals surface area contributed by atoms with Gasteiger partial charge in [-0.2, -0.15) is 0 Å². The smallest absolute Gasteiger partial charge is 0.259 e. The topological polar surface area (TPSA) is 58.0 Å². The van der Waals surface area contributed by atoms with Gasteiger partial charge in [0.25, 0.3) is 11.5 Å². The number of aromatic nitrogens is 1. The van der Waals surface area contributed by atoms with Crippen LogP contribution < -0.4 is 10.3 Å². The first-order valence-electron chi connectivity index (χ1n) is 11.4. The molecule has 0 spiro atoms. The van der Waals surface area contributed by atoms with Crippen molar-refractivity contribution < 1.29 is 9.53 Å². The van der Waals surface area contributed by atoms with Gasteiger partial charge in [-0.05, 0) is 32.0 Å². The number of carbonyl (C=O) groups excluding carboxylic acids is 1. The number of ether oxygens (including phenoxy) is 1. The SMILES string of the molecule is COc1cc(=O)n2c(c1C(=O)N1CCN(C)CC1)CCN(Cc1cc(C)ccc1C)CC2. The summed E-state index contributed by atoms with van der Waals surface area (Å²) < 4.78 is 7.32. The van der Waals surface area contributed by atoms with E-state index in [1.54, 1.807) is 4.57 Å². The molecule has 1 aromatic carbocycles. The highest BCUT2D eigenvalue weighted by Gasteiger charge is 2.29. The van der Waals surface area contributed by atoms with Gasteiger partial charge in [-0.25, -0.2) is 0 Å². The molecule has 0 unspecified atom stereocenters. The van der Waals surface area contributed by atoms with Crippen molar-refractivity contribution in [3.05, 3.63) is 62.6 Å². The molecule has 2 aliphatic heterocycles. The summed E-state index contributed by atoms with van der Waals surface area (Å²) >= 11 is 0. The highest BCUT2D eigenvalue weighted by atomic mass is 16.5. The predicted molar refractivity (Wildman–Crippen MR) is 126 cm³/mol. The molecule has 0 bridgehead atoms. The van der Waals surface area contributed by atoms with Crippen LogP contribution in [0.15, 0.2) is 29.1 Å². The highest BCUT2D eigenvalue weighted by Crippen LogP contribution is 2.25. The van der Waals surface area contributed by atoms with Crippen LogP contribution in [0.2, 0.25) is 0 Å². The Labute approximate surface area is 190 Å². The van der Waals surface area contributed by atoms with E-state index >= 15 is 0 Å². The van der Waals surface area contributed by atoms with E-state index in [0.29, 0.717) is 37.4 Å². The van der Waals surface area contributed by atoms with Crippen LogP contribution in [-0.2, 0) is 19.5 Å². The quantitative estimate of drug-likeness (QED) is 0.730. The summed E-state index contributed by atoms with van der Waals surface area (Å²) in [6.45, 7) is 10.3. The maximum atomic E-state index is 13.5. The van der Waals surface area contributed by atoms with Gasteiger partial charge in [0.15, 0.2) is 0 Å². The number of rotatable bonds is 4. The van der Waals surface area contributed by atoms with Crippen LogP contribution in [0.5, 0.6) is 5.75 Å². The van der Waals surface area contributed by atoms with Crippen LogP contribution in [0.3, 0.4) is 0 Å². The number of amides is 1. The molecule has 1 saturated heterocycles. The van der Waals surface area contributed by atoms with Crippen molar-refractivity contribution in [1.82, 2.24) is 19.3 Å². The van der Waals surface area contributed by atoms with Crippen LogP contribution in [0, 0.1) is 13.8 Å². The summed E-state index contributed by atoms with van der Waals surface area (Å²) in [5.41, 5.74) is 5.12. The fourth-order valence-electron chi connectivity index (χ4n) is 4.72. The van der Waals surface area contributed by atoms with E-state index in [2.05, 4.69) is 48.9 Å². The molecule has 7 heteroatoms. The van der Waals surface area contributed by atoms with Crippen molar-refractivity contribution >= 4 is 5.91 Å². The minimum Gasteiger partial charge on any atom is -0.496 e. The third-order valence-electron chi connectivity index (χ3n) is 6.81. The number of fused-ring (bicyclic) bond motifs is 1. The van der Waals surface area contributed by atoms with E-state index in [-0.39, 0.29) is 11.5 Å². The third kappa shape index (κ3) is 4.59. The molecule has 0 radical (unpaired) electrons. The molecular weight excluding hydrogens is 404 g/mol. The van der Waals surface area contributed by atoms with E-state index in [0.717, 1.165) is 38.4 Å². The fourth-order valence-corrected chi connectivity index (χ4v) is 4.72. The number of likely N-dealkylation sites (N-methyl/N-ethyl adjacent to an activating group) is 1. The van der Waals surface area contributed by atoms with Crippen LogP contribution in [0.25, 0.3) is 0 Å². The zero-order valence-electron chi connectivity index (χ0n) is 19.7. The zero-order chi connectivity index (χ0) is 22.8. The van der Waals surface area contributed by atoms with Crippen LogP contribution in [0.4, 0.5) is 0 Å². The number of pyridine rings is 1. The summed E-state index contributed by atoms with van der Waals surface area (Å²) in [6.07, 6.45) is 0.645. The largest absolute Gasteiger partial charge is 0.496 e. The van der Waals surface area contributed by atoms with Crippen molar-refractivity contribution in [1.29, 1.82) is 0 Å².